The highest BCUT2D eigenvalue weighted by Crippen LogP contribution is 2.01. The topological polar surface area (TPSA) is 50.2 Å². The average Bonchev–Trinajstić information content (AvgIpc) is 2.39. The van der Waals surface area contributed by atoms with E-state index in [2.05, 4.69) is 29.0 Å². The zero-order valence-electron chi connectivity index (χ0n) is 12.5. The highest BCUT2D eigenvalue weighted by molar-refractivity contribution is 5.30. The van der Waals surface area contributed by atoms with Gasteiger partial charge in [-0.3, -0.25) is 4.79 Å². The molecule has 0 saturated carbocycles. The van der Waals surface area contributed by atoms with E-state index in [0.29, 0.717) is 5.82 Å². The standard InChI is InChI=1S/C14H26N4O/c1-5-9-17(6-2)10-7-15-13-14(19)18(12(3)4)11-8-16-13/h8,11-12H,5-7,9-10H2,1-4H3,(H,15,16). The fourth-order valence-electron chi connectivity index (χ4n) is 2.03. The predicted octanol–water partition coefficient (Wildman–Crippen LogP) is 1.97. The van der Waals surface area contributed by atoms with Gasteiger partial charge in [-0.1, -0.05) is 13.8 Å². The first-order valence-electron chi connectivity index (χ1n) is 7.13. The molecule has 0 aliphatic carbocycles. The molecule has 0 fully saturated rings. The molecule has 1 N–H and O–H groups in total. The molecular weight excluding hydrogens is 240 g/mol. The number of hydrogen-bond acceptors (Lipinski definition) is 4. The molecule has 5 nitrogen and oxygen atoms in total. The van der Waals surface area contributed by atoms with E-state index in [9.17, 15) is 4.79 Å². The lowest BCUT2D eigenvalue weighted by atomic mass is 10.4. The predicted molar refractivity (Wildman–Crippen MR) is 79.8 cm³/mol. The molecule has 1 aromatic heterocycles. The van der Waals surface area contributed by atoms with Crippen LogP contribution < -0.4 is 10.9 Å². The molecule has 0 aliphatic rings. The van der Waals surface area contributed by atoms with Gasteiger partial charge in [-0.25, -0.2) is 4.98 Å². The van der Waals surface area contributed by atoms with Crippen molar-refractivity contribution in [2.45, 2.75) is 40.2 Å². The Kier molecular flexibility index (Phi) is 6.56. The third-order valence-corrected chi connectivity index (χ3v) is 3.13. The Labute approximate surface area is 115 Å². The summed E-state index contributed by atoms with van der Waals surface area (Å²) in [5.41, 5.74) is -0.0453. The fourth-order valence-corrected chi connectivity index (χ4v) is 2.03. The van der Waals surface area contributed by atoms with Crippen molar-refractivity contribution in [2.75, 3.05) is 31.5 Å². The highest BCUT2D eigenvalue weighted by atomic mass is 16.1. The molecule has 0 atom stereocenters. The van der Waals surface area contributed by atoms with Gasteiger partial charge < -0.3 is 14.8 Å². The first-order chi connectivity index (χ1) is 9.10. The molecular formula is C14H26N4O. The van der Waals surface area contributed by atoms with Crippen LogP contribution in [0.5, 0.6) is 0 Å². The molecule has 0 radical (unpaired) electrons. The maximum absolute atomic E-state index is 12.1. The van der Waals surface area contributed by atoms with Crippen molar-refractivity contribution in [1.29, 1.82) is 0 Å². The molecule has 0 bridgehead atoms. The zero-order chi connectivity index (χ0) is 14.3. The highest BCUT2D eigenvalue weighted by Gasteiger charge is 2.07. The number of nitrogens with zero attached hydrogens (tertiary/aromatic N) is 3. The normalized spacial score (nSPS) is 11.3. The molecule has 0 unspecified atom stereocenters. The van der Waals surface area contributed by atoms with Crippen molar-refractivity contribution < 1.29 is 0 Å². The fraction of sp³-hybridized carbons (Fsp3) is 0.714. The van der Waals surface area contributed by atoms with Crippen LogP contribution in [0.4, 0.5) is 5.82 Å². The van der Waals surface area contributed by atoms with Crippen LogP contribution in [0.3, 0.4) is 0 Å². The number of aromatic nitrogens is 2. The maximum atomic E-state index is 12.1. The van der Waals surface area contributed by atoms with Gasteiger partial charge in [0.15, 0.2) is 5.82 Å². The van der Waals surface area contributed by atoms with Gasteiger partial charge in [0.25, 0.3) is 5.56 Å². The Morgan fingerprint density at radius 3 is 2.68 bits per heavy atom. The summed E-state index contributed by atoms with van der Waals surface area (Å²) in [6.07, 6.45) is 4.55. The third-order valence-electron chi connectivity index (χ3n) is 3.13. The van der Waals surface area contributed by atoms with Crippen LogP contribution in [0.1, 0.15) is 40.2 Å². The molecule has 0 aliphatic heterocycles. The van der Waals surface area contributed by atoms with E-state index in [1.165, 1.54) is 0 Å². The van der Waals surface area contributed by atoms with Crippen molar-refractivity contribution in [3.05, 3.63) is 22.7 Å². The molecule has 0 aromatic carbocycles. The van der Waals surface area contributed by atoms with Gasteiger partial charge >= 0.3 is 0 Å². The Balaban J connectivity index is 2.59. The molecule has 5 heteroatoms. The monoisotopic (exact) mass is 266 g/mol. The van der Waals surface area contributed by atoms with Crippen LogP contribution in [0, 0.1) is 0 Å². The SMILES string of the molecule is CCCN(CC)CCNc1nccn(C(C)C)c1=O. The lowest BCUT2D eigenvalue weighted by molar-refractivity contribution is 0.300. The van der Waals surface area contributed by atoms with Gasteiger partial charge in [0.1, 0.15) is 0 Å². The van der Waals surface area contributed by atoms with Crippen LogP contribution >= 0.6 is 0 Å². The second-order valence-electron chi connectivity index (χ2n) is 4.94. The summed E-state index contributed by atoms with van der Waals surface area (Å²) < 4.78 is 1.69. The number of rotatable bonds is 8. The first kappa shape index (κ1) is 15.7. The van der Waals surface area contributed by atoms with Gasteiger partial charge in [0.2, 0.25) is 0 Å². The number of hydrogen-bond donors (Lipinski definition) is 1. The largest absolute Gasteiger partial charge is 0.364 e. The van der Waals surface area contributed by atoms with E-state index >= 15 is 0 Å². The Bertz CT molecular complexity index is 428. The summed E-state index contributed by atoms with van der Waals surface area (Å²) in [6, 6.07) is 0.156. The van der Waals surface area contributed by atoms with Gasteiger partial charge in [-0.2, -0.15) is 0 Å². The third kappa shape index (κ3) is 4.67. The van der Waals surface area contributed by atoms with E-state index in [0.717, 1.165) is 32.6 Å². The van der Waals surface area contributed by atoms with E-state index in [1.54, 1.807) is 17.0 Å². The van der Waals surface area contributed by atoms with Crippen LogP contribution in [-0.2, 0) is 0 Å². The molecule has 19 heavy (non-hydrogen) atoms. The van der Waals surface area contributed by atoms with E-state index in [-0.39, 0.29) is 11.6 Å². The molecule has 0 amide bonds. The minimum Gasteiger partial charge on any atom is -0.364 e. The second-order valence-corrected chi connectivity index (χ2v) is 4.94. The lowest BCUT2D eigenvalue weighted by Gasteiger charge is -2.19. The van der Waals surface area contributed by atoms with Crippen molar-refractivity contribution in [3.8, 4) is 0 Å². The summed E-state index contributed by atoms with van der Waals surface area (Å²) in [5.74, 6) is 0.448. The lowest BCUT2D eigenvalue weighted by Crippen LogP contribution is -2.32. The minimum atomic E-state index is -0.0453. The summed E-state index contributed by atoms with van der Waals surface area (Å²) >= 11 is 0. The molecule has 1 rings (SSSR count). The maximum Gasteiger partial charge on any atom is 0.293 e. The van der Waals surface area contributed by atoms with Crippen molar-refractivity contribution in [2.24, 2.45) is 0 Å². The summed E-state index contributed by atoms with van der Waals surface area (Å²) in [6.45, 7) is 12.1. The quantitative estimate of drug-likeness (QED) is 0.781. The van der Waals surface area contributed by atoms with Crippen LogP contribution in [0.15, 0.2) is 17.2 Å². The van der Waals surface area contributed by atoms with Gasteiger partial charge in [-0.05, 0) is 33.4 Å². The zero-order valence-corrected chi connectivity index (χ0v) is 12.5. The van der Waals surface area contributed by atoms with Crippen molar-refractivity contribution >= 4 is 5.82 Å². The minimum absolute atomic E-state index is 0.0453. The number of likely N-dealkylation sites (N-methyl/N-ethyl adjacent to an activating group) is 1. The van der Waals surface area contributed by atoms with E-state index in [1.807, 2.05) is 13.8 Å². The van der Waals surface area contributed by atoms with E-state index in [4.69, 9.17) is 0 Å². The van der Waals surface area contributed by atoms with Gasteiger partial charge in [0, 0.05) is 31.5 Å². The summed E-state index contributed by atoms with van der Waals surface area (Å²) in [5, 5.41) is 3.15. The van der Waals surface area contributed by atoms with Gasteiger partial charge in [0.05, 0.1) is 0 Å². The molecule has 1 heterocycles. The number of nitrogens with one attached hydrogen (secondary N) is 1. The Morgan fingerprint density at radius 1 is 1.37 bits per heavy atom. The second kappa shape index (κ2) is 7.94. The van der Waals surface area contributed by atoms with Crippen molar-refractivity contribution in [1.82, 2.24) is 14.5 Å². The van der Waals surface area contributed by atoms with Gasteiger partial charge in [-0.15, -0.1) is 0 Å². The Hall–Kier alpha value is -1.36. The molecule has 108 valence electrons. The van der Waals surface area contributed by atoms with Crippen molar-refractivity contribution in [3.63, 3.8) is 0 Å². The summed E-state index contributed by atoms with van der Waals surface area (Å²) in [4.78, 5) is 18.6. The Morgan fingerprint density at radius 2 is 2.11 bits per heavy atom. The van der Waals surface area contributed by atoms with Crippen LogP contribution in [0.2, 0.25) is 0 Å². The van der Waals surface area contributed by atoms with E-state index < -0.39 is 0 Å². The molecule has 0 spiro atoms. The first-order valence-corrected chi connectivity index (χ1v) is 7.13. The average molecular weight is 266 g/mol. The molecule has 0 saturated heterocycles. The van der Waals surface area contributed by atoms with Crippen LogP contribution in [-0.4, -0.2) is 40.6 Å². The van der Waals surface area contributed by atoms with Crippen LogP contribution in [0.25, 0.3) is 0 Å². The number of anilines is 1. The molecule has 1 aromatic rings. The summed E-state index contributed by atoms with van der Waals surface area (Å²) in [7, 11) is 0. The smallest absolute Gasteiger partial charge is 0.293 e.